The van der Waals surface area contributed by atoms with Crippen LogP contribution in [0.1, 0.15) is 34.8 Å². The highest BCUT2D eigenvalue weighted by molar-refractivity contribution is 6.05. The van der Waals surface area contributed by atoms with Crippen LogP contribution in [-0.4, -0.2) is 23.0 Å². The van der Waals surface area contributed by atoms with Crippen LogP contribution < -0.4 is 0 Å². The maximum absolute atomic E-state index is 12.8. The Balaban J connectivity index is 1.73. The number of aryl methyl sites for hydroxylation is 1. The Kier molecular flexibility index (Phi) is 4.49. The Morgan fingerprint density at radius 1 is 1.17 bits per heavy atom. The third-order valence-corrected chi connectivity index (χ3v) is 4.75. The Labute approximate surface area is 141 Å². The first-order chi connectivity index (χ1) is 11.5. The fourth-order valence-corrected chi connectivity index (χ4v) is 3.10. The number of ketones is 1. The van der Waals surface area contributed by atoms with Gasteiger partial charge < -0.3 is 9.84 Å². The number of aliphatic hydroxyl groups excluding tert-OH is 1. The van der Waals surface area contributed by atoms with Crippen molar-refractivity contribution in [3.05, 3.63) is 71.3 Å². The van der Waals surface area contributed by atoms with Crippen molar-refractivity contribution in [3.8, 4) is 0 Å². The second kappa shape index (κ2) is 6.57. The topological polar surface area (TPSA) is 63.6 Å². The van der Waals surface area contributed by atoms with E-state index in [9.17, 15) is 14.7 Å². The van der Waals surface area contributed by atoms with Crippen molar-refractivity contribution < 1.29 is 19.4 Å². The Bertz CT molecular complexity index is 753. The molecule has 3 rings (SSSR count). The predicted molar refractivity (Wildman–Crippen MR) is 89.4 cm³/mol. The molecule has 4 nitrogen and oxygen atoms in total. The summed E-state index contributed by atoms with van der Waals surface area (Å²) in [6, 6.07) is 16.6. The molecule has 0 saturated heterocycles. The van der Waals surface area contributed by atoms with Crippen LogP contribution in [0.3, 0.4) is 0 Å². The Morgan fingerprint density at radius 2 is 1.83 bits per heavy atom. The number of rotatable bonds is 4. The van der Waals surface area contributed by atoms with Gasteiger partial charge >= 0.3 is 5.97 Å². The van der Waals surface area contributed by atoms with Crippen LogP contribution in [0.25, 0.3) is 0 Å². The van der Waals surface area contributed by atoms with E-state index in [2.05, 4.69) is 0 Å². The smallest absolute Gasteiger partial charge is 0.336 e. The highest BCUT2D eigenvalue weighted by Gasteiger charge is 2.47. The third-order valence-electron chi connectivity index (χ3n) is 4.75. The summed E-state index contributed by atoms with van der Waals surface area (Å²) < 4.78 is 5.20. The van der Waals surface area contributed by atoms with Crippen LogP contribution in [-0.2, 0) is 22.6 Å². The van der Waals surface area contributed by atoms with Crippen molar-refractivity contribution in [2.75, 3.05) is 0 Å². The molecule has 0 fully saturated rings. The van der Waals surface area contributed by atoms with Crippen molar-refractivity contribution in [1.82, 2.24) is 0 Å². The van der Waals surface area contributed by atoms with Crippen molar-refractivity contribution in [2.24, 2.45) is 5.41 Å². The molecule has 0 saturated carbocycles. The lowest BCUT2D eigenvalue weighted by Crippen LogP contribution is -2.47. The predicted octanol–water partition coefficient (Wildman–Crippen LogP) is 2.93. The number of ether oxygens (including phenoxy) is 1. The molecule has 0 aromatic heterocycles. The van der Waals surface area contributed by atoms with Gasteiger partial charge in [0.15, 0.2) is 11.9 Å². The zero-order valence-electron chi connectivity index (χ0n) is 13.6. The molecule has 2 aromatic carbocycles. The summed E-state index contributed by atoms with van der Waals surface area (Å²) in [4.78, 5) is 25.0. The average Bonchev–Trinajstić information content (AvgIpc) is 2.63. The van der Waals surface area contributed by atoms with Gasteiger partial charge in [-0.15, -0.1) is 0 Å². The lowest BCUT2D eigenvalue weighted by molar-refractivity contribution is -0.160. The number of benzene rings is 2. The van der Waals surface area contributed by atoms with E-state index in [1.54, 1.807) is 19.1 Å². The fraction of sp³-hybridized carbons (Fsp3) is 0.300. The molecule has 124 valence electrons. The van der Waals surface area contributed by atoms with E-state index in [4.69, 9.17) is 4.74 Å². The van der Waals surface area contributed by atoms with Crippen molar-refractivity contribution in [2.45, 2.75) is 32.5 Å². The first-order valence-electron chi connectivity index (χ1n) is 8.04. The number of hydrogen-bond acceptors (Lipinski definition) is 4. The summed E-state index contributed by atoms with van der Waals surface area (Å²) in [6.07, 6.45) is -0.395. The Hall–Kier alpha value is -2.46. The van der Waals surface area contributed by atoms with Gasteiger partial charge in [0.1, 0.15) is 6.61 Å². The molecular weight excluding hydrogens is 304 g/mol. The second-order valence-corrected chi connectivity index (χ2v) is 6.40. The molecule has 2 aromatic rings. The SMILES string of the molecule is CC1([C@H](O)C(=O)OCc2ccccc2)CCc2ccccc2C1=O. The van der Waals surface area contributed by atoms with Crippen LogP contribution in [0.2, 0.25) is 0 Å². The van der Waals surface area contributed by atoms with Crippen LogP contribution in [0.5, 0.6) is 0 Å². The van der Waals surface area contributed by atoms with Gasteiger partial charge in [-0.3, -0.25) is 4.79 Å². The monoisotopic (exact) mass is 324 g/mol. The van der Waals surface area contributed by atoms with Gasteiger partial charge in [0, 0.05) is 5.56 Å². The summed E-state index contributed by atoms with van der Waals surface area (Å²) in [6.45, 7) is 1.72. The molecule has 0 heterocycles. The minimum atomic E-state index is -1.47. The standard InChI is InChI=1S/C20H20O4/c1-20(12-11-15-9-5-6-10-16(15)17(20)21)18(22)19(23)24-13-14-7-3-2-4-8-14/h2-10,18,22H,11-13H2,1H3/t18-,20?/m1/s1. The van der Waals surface area contributed by atoms with Crippen molar-refractivity contribution in [1.29, 1.82) is 0 Å². The van der Waals surface area contributed by atoms with E-state index >= 15 is 0 Å². The minimum Gasteiger partial charge on any atom is -0.459 e. The van der Waals surface area contributed by atoms with Crippen LogP contribution >= 0.6 is 0 Å². The number of hydrogen-bond donors (Lipinski definition) is 1. The van der Waals surface area contributed by atoms with Crippen LogP contribution in [0.15, 0.2) is 54.6 Å². The molecule has 0 spiro atoms. The van der Waals surface area contributed by atoms with Gasteiger partial charge in [-0.2, -0.15) is 0 Å². The molecule has 0 amide bonds. The van der Waals surface area contributed by atoms with Crippen molar-refractivity contribution >= 4 is 11.8 Å². The summed E-state index contributed by atoms with van der Waals surface area (Å²) in [5.74, 6) is -0.956. The largest absolute Gasteiger partial charge is 0.459 e. The van der Waals surface area contributed by atoms with Gasteiger partial charge in [-0.1, -0.05) is 54.6 Å². The zero-order valence-corrected chi connectivity index (χ0v) is 13.6. The number of esters is 1. The maximum atomic E-state index is 12.8. The van der Waals surface area contributed by atoms with Crippen molar-refractivity contribution in [3.63, 3.8) is 0 Å². The van der Waals surface area contributed by atoms with Gasteiger partial charge in [-0.05, 0) is 30.9 Å². The highest BCUT2D eigenvalue weighted by Crippen LogP contribution is 2.38. The van der Waals surface area contributed by atoms with Gasteiger partial charge in [0.05, 0.1) is 5.41 Å². The van der Waals surface area contributed by atoms with E-state index in [-0.39, 0.29) is 12.4 Å². The van der Waals surface area contributed by atoms with Gasteiger partial charge in [0.25, 0.3) is 0 Å². The number of aliphatic hydroxyl groups is 1. The number of carbonyl (C=O) groups is 2. The summed E-state index contributed by atoms with van der Waals surface area (Å²) in [7, 11) is 0. The third kappa shape index (κ3) is 2.97. The second-order valence-electron chi connectivity index (χ2n) is 6.40. The van der Waals surface area contributed by atoms with Crippen LogP contribution in [0, 0.1) is 5.41 Å². The van der Waals surface area contributed by atoms with E-state index in [1.165, 1.54) is 0 Å². The lowest BCUT2D eigenvalue weighted by Gasteiger charge is -2.35. The molecule has 24 heavy (non-hydrogen) atoms. The van der Waals surface area contributed by atoms with E-state index < -0.39 is 17.5 Å². The fourth-order valence-electron chi connectivity index (χ4n) is 3.10. The molecule has 1 aliphatic rings. The summed E-state index contributed by atoms with van der Waals surface area (Å²) in [5, 5.41) is 10.5. The summed E-state index contributed by atoms with van der Waals surface area (Å²) in [5.41, 5.74) is 1.23. The minimum absolute atomic E-state index is 0.0809. The number of carbonyl (C=O) groups excluding carboxylic acids is 2. The van der Waals surface area contributed by atoms with Gasteiger partial charge in [-0.25, -0.2) is 4.79 Å². The lowest BCUT2D eigenvalue weighted by atomic mass is 9.68. The molecule has 4 heteroatoms. The molecule has 1 unspecified atom stereocenters. The van der Waals surface area contributed by atoms with Crippen LogP contribution in [0.4, 0.5) is 0 Å². The van der Waals surface area contributed by atoms with E-state index in [0.717, 1.165) is 11.1 Å². The average molecular weight is 324 g/mol. The number of Topliss-reactive ketones (excluding diaryl/α,β-unsaturated/α-hetero) is 1. The Morgan fingerprint density at radius 3 is 2.58 bits per heavy atom. The van der Waals surface area contributed by atoms with Gasteiger partial charge in [0.2, 0.25) is 0 Å². The highest BCUT2D eigenvalue weighted by atomic mass is 16.5. The quantitative estimate of drug-likeness (QED) is 0.878. The molecule has 0 bridgehead atoms. The molecule has 0 radical (unpaired) electrons. The maximum Gasteiger partial charge on any atom is 0.336 e. The number of fused-ring (bicyclic) bond motifs is 1. The molecule has 1 N–H and O–H groups in total. The molecule has 0 aliphatic heterocycles. The normalized spacial score (nSPS) is 21.0. The molecule has 2 atom stereocenters. The van der Waals surface area contributed by atoms with E-state index in [0.29, 0.717) is 18.4 Å². The zero-order chi connectivity index (χ0) is 17.2. The molecular formula is C20H20O4. The van der Waals surface area contributed by atoms with E-state index in [1.807, 2.05) is 42.5 Å². The first kappa shape index (κ1) is 16.4. The summed E-state index contributed by atoms with van der Waals surface area (Å²) >= 11 is 0. The molecule has 1 aliphatic carbocycles. The first-order valence-corrected chi connectivity index (χ1v) is 8.04.